The van der Waals surface area contributed by atoms with Gasteiger partial charge in [-0.25, -0.2) is 9.18 Å². The van der Waals surface area contributed by atoms with Crippen LogP contribution in [-0.4, -0.2) is 50.7 Å². The van der Waals surface area contributed by atoms with Crippen LogP contribution in [0.15, 0.2) is 24.3 Å². The molecule has 1 aromatic carbocycles. The highest BCUT2D eigenvalue weighted by Gasteiger charge is 2.33. The maximum atomic E-state index is 14.1. The number of amides is 2. The van der Waals surface area contributed by atoms with Crippen LogP contribution in [0.5, 0.6) is 0 Å². The lowest BCUT2D eigenvalue weighted by atomic mass is 10.00. The van der Waals surface area contributed by atoms with Crippen molar-refractivity contribution in [2.45, 2.75) is 25.4 Å². The summed E-state index contributed by atoms with van der Waals surface area (Å²) in [5.74, 6) is -0.233. The number of nitrogens with zero attached hydrogens (tertiary/aromatic N) is 1. The number of morpholine rings is 1. The van der Waals surface area contributed by atoms with Crippen molar-refractivity contribution in [3.8, 4) is 0 Å². The third kappa shape index (κ3) is 3.59. The molecule has 0 aromatic heterocycles. The SMILES string of the molecule is CC(=O)N[C@@H](c1cccc(N2CCOCC2F)c1)C1CNC(=O)O1. The van der Waals surface area contributed by atoms with Gasteiger partial charge in [0.1, 0.15) is 6.10 Å². The molecule has 2 saturated heterocycles. The van der Waals surface area contributed by atoms with Gasteiger partial charge in [0.2, 0.25) is 5.91 Å². The third-order valence-electron chi connectivity index (χ3n) is 4.07. The van der Waals surface area contributed by atoms with Crippen molar-refractivity contribution in [1.82, 2.24) is 10.6 Å². The summed E-state index contributed by atoms with van der Waals surface area (Å²) in [6.45, 7) is 2.65. The molecule has 2 fully saturated rings. The summed E-state index contributed by atoms with van der Waals surface area (Å²) in [4.78, 5) is 24.5. The van der Waals surface area contributed by atoms with Crippen LogP contribution >= 0.6 is 0 Å². The van der Waals surface area contributed by atoms with E-state index in [1.165, 1.54) is 6.92 Å². The molecular weight excluding hydrogens is 317 g/mol. The Morgan fingerprint density at radius 2 is 2.33 bits per heavy atom. The number of rotatable bonds is 4. The third-order valence-corrected chi connectivity index (χ3v) is 4.07. The highest BCUT2D eigenvalue weighted by Crippen LogP contribution is 2.27. The molecule has 2 unspecified atom stereocenters. The number of halogens is 1. The van der Waals surface area contributed by atoms with Gasteiger partial charge >= 0.3 is 6.09 Å². The van der Waals surface area contributed by atoms with Crippen LogP contribution in [0.25, 0.3) is 0 Å². The van der Waals surface area contributed by atoms with Gasteiger partial charge in [-0.3, -0.25) is 4.79 Å². The van der Waals surface area contributed by atoms with E-state index < -0.39 is 24.5 Å². The zero-order valence-electron chi connectivity index (χ0n) is 13.3. The predicted molar refractivity (Wildman–Crippen MR) is 84.3 cm³/mol. The van der Waals surface area contributed by atoms with Crippen molar-refractivity contribution in [3.05, 3.63) is 29.8 Å². The fraction of sp³-hybridized carbons (Fsp3) is 0.500. The van der Waals surface area contributed by atoms with Crippen LogP contribution in [0.3, 0.4) is 0 Å². The van der Waals surface area contributed by atoms with E-state index in [-0.39, 0.29) is 12.5 Å². The van der Waals surface area contributed by atoms with E-state index in [0.717, 1.165) is 5.56 Å². The van der Waals surface area contributed by atoms with Crippen LogP contribution < -0.4 is 15.5 Å². The molecule has 2 aliphatic rings. The molecule has 1 aromatic rings. The monoisotopic (exact) mass is 337 g/mol. The largest absolute Gasteiger partial charge is 0.442 e. The Bertz CT molecular complexity index is 627. The second kappa shape index (κ2) is 7.04. The summed E-state index contributed by atoms with van der Waals surface area (Å²) in [5, 5.41) is 5.39. The predicted octanol–water partition coefficient (Wildman–Crippen LogP) is 1.10. The van der Waals surface area contributed by atoms with Gasteiger partial charge in [0.15, 0.2) is 6.30 Å². The van der Waals surface area contributed by atoms with Crippen molar-refractivity contribution in [2.24, 2.45) is 0 Å². The number of hydrogen-bond donors (Lipinski definition) is 2. The van der Waals surface area contributed by atoms with Crippen molar-refractivity contribution in [1.29, 1.82) is 0 Å². The number of carbonyl (C=O) groups excluding carboxylic acids is 2. The summed E-state index contributed by atoms with van der Waals surface area (Å²) in [6, 6.07) is 6.74. The van der Waals surface area contributed by atoms with Crippen molar-refractivity contribution in [3.63, 3.8) is 0 Å². The summed E-state index contributed by atoms with van der Waals surface area (Å²) >= 11 is 0. The standard InChI is InChI=1S/C16H20FN3O4/c1-10(21)19-15(13-8-18-16(22)24-13)11-3-2-4-12(7-11)20-5-6-23-9-14(20)17/h2-4,7,13-15H,5-6,8-9H2,1H3,(H,18,22)(H,19,21)/t13?,14?,15-/m0/s1. The van der Waals surface area contributed by atoms with Crippen LogP contribution in [0.1, 0.15) is 18.5 Å². The van der Waals surface area contributed by atoms with E-state index in [9.17, 15) is 14.0 Å². The molecule has 24 heavy (non-hydrogen) atoms. The van der Waals surface area contributed by atoms with Crippen molar-refractivity contribution >= 4 is 17.7 Å². The number of nitrogens with one attached hydrogen (secondary N) is 2. The first-order chi connectivity index (χ1) is 11.5. The quantitative estimate of drug-likeness (QED) is 0.805. The maximum Gasteiger partial charge on any atom is 0.407 e. The van der Waals surface area contributed by atoms with Crippen LogP contribution in [0.2, 0.25) is 0 Å². The molecule has 2 N–H and O–H groups in total. The summed E-state index contributed by atoms with van der Waals surface area (Å²) in [6.07, 6.45) is -2.23. The molecule has 2 amide bonds. The maximum absolute atomic E-state index is 14.1. The van der Waals surface area contributed by atoms with Gasteiger partial charge in [0.05, 0.1) is 25.8 Å². The summed E-state index contributed by atoms with van der Waals surface area (Å²) < 4.78 is 24.4. The van der Waals surface area contributed by atoms with Gasteiger partial charge in [-0.2, -0.15) is 0 Å². The summed E-state index contributed by atoms with van der Waals surface area (Å²) in [7, 11) is 0. The molecule has 0 bridgehead atoms. The van der Waals surface area contributed by atoms with Crippen LogP contribution in [0, 0.1) is 0 Å². The van der Waals surface area contributed by atoms with E-state index >= 15 is 0 Å². The van der Waals surface area contributed by atoms with Crippen LogP contribution in [-0.2, 0) is 14.3 Å². The average molecular weight is 337 g/mol. The lowest BCUT2D eigenvalue weighted by Crippen LogP contribution is -2.43. The van der Waals surface area contributed by atoms with Gasteiger partial charge in [0.25, 0.3) is 0 Å². The number of cyclic esters (lactones) is 1. The minimum atomic E-state index is -1.21. The highest BCUT2D eigenvalue weighted by molar-refractivity contribution is 5.74. The Morgan fingerprint density at radius 1 is 1.50 bits per heavy atom. The van der Waals surface area contributed by atoms with E-state index in [1.807, 2.05) is 18.2 Å². The molecule has 3 rings (SSSR count). The Morgan fingerprint density at radius 3 is 3.00 bits per heavy atom. The molecule has 3 atom stereocenters. The number of anilines is 1. The number of ether oxygens (including phenoxy) is 2. The molecule has 7 nitrogen and oxygen atoms in total. The topological polar surface area (TPSA) is 79.9 Å². The average Bonchev–Trinajstić information content (AvgIpc) is 2.99. The molecule has 0 saturated carbocycles. The Labute approximate surface area is 139 Å². The molecule has 2 heterocycles. The van der Waals surface area contributed by atoms with E-state index in [2.05, 4.69) is 10.6 Å². The fourth-order valence-corrected chi connectivity index (χ4v) is 2.96. The van der Waals surface area contributed by atoms with Crippen LogP contribution in [0.4, 0.5) is 14.9 Å². The Hall–Kier alpha value is -2.35. The van der Waals surface area contributed by atoms with Gasteiger partial charge in [-0.1, -0.05) is 12.1 Å². The molecule has 0 radical (unpaired) electrons. The minimum Gasteiger partial charge on any atom is -0.442 e. The zero-order valence-corrected chi connectivity index (χ0v) is 13.3. The number of carbonyl (C=O) groups is 2. The van der Waals surface area contributed by atoms with Gasteiger partial charge in [0, 0.05) is 19.2 Å². The van der Waals surface area contributed by atoms with E-state index in [4.69, 9.17) is 9.47 Å². The smallest absolute Gasteiger partial charge is 0.407 e. The van der Waals surface area contributed by atoms with E-state index in [1.54, 1.807) is 11.0 Å². The van der Waals surface area contributed by atoms with Gasteiger partial charge in [-0.15, -0.1) is 0 Å². The molecule has 0 spiro atoms. The normalized spacial score (nSPS) is 24.9. The number of benzene rings is 1. The molecule has 8 heteroatoms. The Kier molecular flexibility index (Phi) is 4.84. The second-order valence-corrected chi connectivity index (χ2v) is 5.80. The first-order valence-electron chi connectivity index (χ1n) is 7.84. The molecule has 2 aliphatic heterocycles. The number of alkyl carbamates (subject to hydrolysis) is 1. The molecule has 130 valence electrons. The first-order valence-corrected chi connectivity index (χ1v) is 7.84. The van der Waals surface area contributed by atoms with Gasteiger partial charge in [-0.05, 0) is 17.7 Å². The fourth-order valence-electron chi connectivity index (χ4n) is 2.96. The minimum absolute atomic E-state index is 0.0313. The number of hydrogen-bond acceptors (Lipinski definition) is 5. The number of alkyl halides is 1. The van der Waals surface area contributed by atoms with Crippen molar-refractivity contribution < 1.29 is 23.5 Å². The highest BCUT2D eigenvalue weighted by atomic mass is 19.1. The van der Waals surface area contributed by atoms with Gasteiger partial charge < -0.3 is 25.0 Å². The Balaban J connectivity index is 1.86. The summed E-state index contributed by atoms with van der Waals surface area (Å²) in [5.41, 5.74) is 1.46. The second-order valence-electron chi connectivity index (χ2n) is 5.80. The zero-order chi connectivity index (χ0) is 17.1. The lowest BCUT2D eigenvalue weighted by Gasteiger charge is -2.33. The molecular formula is C16H20FN3O4. The lowest BCUT2D eigenvalue weighted by molar-refractivity contribution is -0.120. The van der Waals surface area contributed by atoms with Crippen molar-refractivity contribution in [2.75, 3.05) is 31.2 Å². The first kappa shape index (κ1) is 16.5. The van der Waals surface area contributed by atoms with E-state index in [0.29, 0.717) is 25.4 Å². The molecule has 0 aliphatic carbocycles.